The van der Waals surface area contributed by atoms with Crippen LogP contribution >= 0.6 is 0 Å². The van der Waals surface area contributed by atoms with E-state index in [9.17, 15) is 14.7 Å². The van der Waals surface area contributed by atoms with Crippen molar-refractivity contribution in [2.75, 3.05) is 12.4 Å². The third kappa shape index (κ3) is 3.25. The highest BCUT2D eigenvalue weighted by molar-refractivity contribution is 6.06. The summed E-state index contributed by atoms with van der Waals surface area (Å²) in [5.41, 5.74) is 1.30. The van der Waals surface area contributed by atoms with Crippen molar-refractivity contribution >= 4 is 17.6 Å². The third-order valence-electron chi connectivity index (χ3n) is 3.79. The Morgan fingerprint density at radius 3 is 2.69 bits per heavy atom. The van der Waals surface area contributed by atoms with E-state index in [0.29, 0.717) is 17.1 Å². The number of nitrogens with zero attached hydrogens (tertiary/aromatic N) is 3. The fraction of sp³-hybridized carbons (Fsp3) is 0.111. The smallest absolute Gasteiger partial charge is 0.337 e. The third-order valence-corrected chi connectivity index (χ3v) is 3.79. The van der Waals surface area contributed by atoms with Gasteiger partial charge in [0.1, 0.15) is 5.75 Å². The number of hydrogen-bond donors (Lipinski definition) is 2. The van der Waals surface area contributed by atoms with Gasteiger partial charge in [-0.15, -0.1) is 0 Å². The van der Waals surface area contributed by atoms with Crippen LogP contribution in [0.2, 0.25) is 0 Å². The molecular weight excluding hydrogens is 336 g/mol. The minimum atomic E-state index is -0.578. The standard InChI is InChI=1S/C18H16N4O4/c1-11-13(10-20-22(11)16-5-3-4-8-19-16)17(24)21-14-7-6-12(9-15(14)23)18(25)26-2/h3-10,23H,1-2H3,(H,21,24). The van der Waals surface area contributed by atoms with Crippen LogP contribution in [0.3, 0.4) is 0 Å². The van der Waals surface area contributed by atoms with E-state index in [2.05, 4.69) is 20.1 Å². The summed E-state index contributed by atoms with van der Waals surface area (Å²) in [5, 5.41) is 16.8. The summed E-state index contributed by atoms with van der Waals surface area (Å²) >= 11 is 0. The molecule has 0 spiro atoms. The molecule has 8 heteroatoms. The molecule has 2 N–H and O–H groups in total. The number of carbonyl (C=O) groups is 2. The van der Waals surface area contributed by atoms with E-state index >= 15 is 0 Å². The van der Waals surface area contributed by atoms with Gasteiger partial charge >= 0.3 is 5.97 Å². The highest BCUT2D eigenvalue weighted by Gasteiger charge is 2.17. The van der Waals surface area contributed by atoms with Crippen molar-refractivity contribution in [1.29, 1.82) is 0 Å². The Morgan fingerprint density at radius 2 is 2.04 bits per heavy atom. The molecule has 0 radical (unpaired) electrons. The van der Waals surface area contributed by atoms with E-state index in [1.165, 1.54) is 31.5 Å². The SMILES string of the molecule is COC(=O)c1ccc(NC(=O)c2cnn(-c3ccccn3)c2C)c(O)c1. The first-order valence-electron chi connectivity index (χ1n) is 7.70. The zero-order valence-corrected chi connectivity index (χ0v) is 14.1. The van der Waals surface area contributed by atoms with Gasteiger partial charge in [-0.05, 0) is 37.3 Å². The lowest BCUT2D eigenvalue weighted by Gasteiger charge is -2.09. The first-order valence-corrected chi connectivity index (χ1v) is 7.70. The van der Waals surface area contributed by atoms with Gasteiger partial charge in [0.2, 0.25) is 0 Å². The van der Waals surface area contributed by atoms with Crippen LogP contribution in [0.25, 0.3) is 5.82 Å². The largest absolute Gasteiger partial charge is 0.506 e. The van der Waals surface area contributed by atoms with Gasteiger partial charge in [-0.1, -0.05) is 6.07 Å². The molecule has 3 aromatic rings. The second kappa shape index (κ2) is 7.06. The van der Waals surface area contributed by atoms with Crippen LogP contribution in [0.4, 0.5) is 5.69 Å². The molecule has 0 bridgehead atoms. The molecule has 26 heavy (non-hydrogen) atoms. The zero-order chi connectivity index (χ0) is 18.7. The van der Waals surface area contributed by atoms with Gasteiger partial charge in [-0.3, -0.25) is 4.79 Å². The summed E-state index contributed by atoms with van der Waals surface area (Å²) in [6.07, 6.45) is 3.07. The number of rotatable bonds is 4. The van der Waals surface area contributed by atoms with Crippen LogP contribution in [0.5, 0.6) is 5.75 Å². The van der Waals surface area contributed by atoms with Crippen molar-refractivity contribution in [3.63, 3.8) is 0 Å². The fourth-order valence-corrected chi connectivity index (χ4v) is 2.41. The van der Waals surface area contributed by atoms with Crippen LogP contribution in [0.15, 0.2) is 48.8 Å². The maximum atomic E-state index is 12.5. The number of anilines is 1. The Hall–Kier alpha value is -3.68. The van der Waals surface area contributed by atoms with Gasteiger partial charge in [-0.2, -0.15) is 5.10 Å². The molecule has 2 aromatic heterocycles. The van der Waals surface area contributed by atoms with E-state index in [1.54, 1.807) is 29.9 Å². The van der Waals surface area contributed by atoms with Crippen LogP contribution in [-0.4, -0.2) is 38.9 Å². The number of phenolic OH excluding ortho intramolecular Hbond substituents is 1. The van der Waals surface area contributed by atoms with Crippen LogP contribution in [-0.2, 0) is 4.74 Å². The zero-order valence-electron chi connectivity index (χ0n) is 14.1. The van der Waals surface area contributed by atoms with Crippen LogP contribution < -0.4 is 5.32 Å². The first-order chi connectivity index (χ1) is 12.5. The molecule has 132 valence electrons. The molecule has 1 amide bonds. The second-order valence-corrected chi connectivity index (χ2v) is 5.42. The van der Waals surface area contributed by atoms with E-state index in [0.717, 1.165) is 0 Å². The van der Waals surface area contributed by atoms with Crippen LogP contribution in [0, 0.1) is 6.92 Å². The molecule has 0 saturated carbocycles. The maximum absolute atomic E-state index is 12.5. The number of amides is 1. The summed E-state index contributed by atoms with van der Waals surface area (Å²) in [7, 11) is 1.25. The van der Waals surface area contributed by atoms with E-state index < -0.39 is 11.9 Å². The molecule has 0 fully saturated rings. The van der Waals surface area contributed by atoms with E-state index in [4.69, 9.17) is 0 Å². The molecule has 0 aliphatic carbocycles. The number of pyridine rings is 1. The Labute approximate surface area is 149 Å². The summed E-state index contributed by atoms with van der Waals surface area (Å²) in [6, 6.07) is 9.49. The van der Waals surface area contributed by atoms with E-state index in [1.807, 2.05) is 6.07 Å². The molecule has 0 aliphatic heterocycles. The fourth-order valence-electron chi connectivity index (χ4n) is 2.41. The van der Waals surface area contributed by atoms with Crippen molar-refractivity contribution in [2.45, 2.75) is 6.92 Å². The number of methoxy groups -OCH3 is 1. The summed E-state index contributed by atoms with van der Waals surface area (Å²) in [6.45, 7) is 1.75. The Morgan fingerprint density at radius 1 is 1.23 bits per heavy atom. The molecule has 3 rings (SSSR count). The molecular formula is C18H16N4O4. The number of ether oxygens (including phenoxy) is 1. The Bertz CT molecular complexity index is 967. The van der Waals surface area contributed by atoms with Gasteiger partial charge in [0.15, 0.2) is 5.82 Å². The van der Waals surface area contributed by atoms with Gasteiger partial charge in [0.25, 0.3) is 5.91 Å². The van der Waals surface area contributed by atoms with Crippen molar-refractivity contribution in [2.24, 2.45) is 0 Å². The molecule has 2 heterocycles. The number of hydrogen-bond acceptors (Lipinski definition) is 6. The number of benzene rings is 1. The topological polar surface area (TPSA) is 106 Å². The van der Waals surface area contributed by atoms with E-state index in [-0.39, 0.29) is 17.0 Å². The predicted molar refractivity (Wildman–Crippen MR) is 93.5 cm³/mol. The number of aromatic nitrogens is 3. The Balaban J connectivity index is 1.83. The van der Waals surface area contributed by atoms with Crippen molar-refractivity contribution in [1.82, 2.24) is 14.8 Å². The summed E-state index contributed by atoms with van der Waals surface area (Å²) in [4.78, 5) is 28.2. The predicted octanol–water partition coefficient (Wildman–Crippen LogP) is 2.32. The highest BCUT2D eigenvalue weighted by atomic mass is 16.5. The molecule has 8 nitrogen and oxygen atoms in total. The molecule has 0 aliphatic rings. The van der Waals surface area contributed by atoms with Gasteiger partial charge < -0.3 is 15.2 Å². The van der Waals surface area contributed by atoms with Crippen molar-refractivity contribution in [3.8, 4) is 11.6 Å². The Kier molecular flexibility index (Phi) is 4.66. The minimum Gasteiger partial charge on any atom is -0.506 e. The normalized spacial score (nSPS) is 10.4. The van der Waals surface area contributed by atoms with Crippen LogP contribution in [0.1, 0.15) is 26.4 Å². The van der Waals surface area contributed by atoms with Gasteiger partial charge in [0.05, 0.1) is 35.8 Å². The van der Waals surface area contributed by atoms with Gasteiger partial charge in [0, 0.05) is 6.20 Å². The number of esters is 1. The molecule has 0 unspecified atom stereocenters. The lowest BCUT2D eigenvalue weighted by Crippen LogP contribution is -2.13. The molecule has 0 saturated heterocycles. The first kappa shape index (κ1) is 17.2. The summed E-state index contributed by atoms with van der Waals surface area (Å²) in [5.74, 6) is -0.665. The second-order valence-electron chi connectivity index (χ2n) is 5.42. The minimum absolute atomic E-state index is 0.174. The lowest BCUT2D eigenvalue weighted by atomic mass is 10.1. The number of carbonyl (C=O) groups excluding carboxylic acids is 2. The highest BCUT2D eigenvalue weighted by Crippen LogP contribution is 2.25. The lowest BCUT2D eigenvalue weighted by molar-refractivity contribution is 0.0600. The number of nitrogens with one attached hydrogen (secondary N) is 1. The average Bonchev–Trinajstić information content (AvgIpc) is 3.05. The quantitative estimate of drug-likeness (QED) is 0.551. The number of aromatic hydroxyl groups is 1. The van der Waals surface area contributed by atoms with Crippen molar-refractivity contribution < 1.29 is 19.4 Å². The molecule has 1 aromatic carbocycles. The average molecular weight is 352 g/mol. The molecule has 0 atom stereocenters. The van der Waals surface area contributed by atoms with Crippen molar-refractivity contribution in [3.05, 3.63) is 65.6 Å². The maximum Gasteiger partial charge on any atom is 0.337 e. The summed E-state index contributed by atoms with van der Waals surface area (Å²) < 4.78 is 6.14. The van der Waals surface area contributed by atoms with Gasteiger partial charge in [-0.25, -0.2) is 14.5 Å². The monoisotopic (exact) mass is 352 g/mol. The number of phenols is 1.